The van der Waals surface area contributed by atoms with Crippen LogP contribution in [0.1, 0.15) is 20.3 Å². The number of amides is 1. The molecule has 0 aromatic carbocycles. The quantitative estimate of drug-likeness (QED) is 0.732. The highest BCUT2D eigenvalue weighted by atomic mass is 16.6. The van der Waals surface area contributed by atoms with E-state index in [0.29, 0.717) is 19.8 Å². The molecule has 2 N–H and O–H groups in total. The molecule has 6 nitrogen and oxygen atoms in total. The Hall–Kier alpha value is -0.850. The van der Waals surface area contributed by atoms with Crippen molar-refractivity contribution in [1.82, 2.24) is 9.80 Å². The second-order valence-electron chi connectivity index (χ2n) is 4.63. The first-order chi connectivity index (χ1) is 9.21. The maximum absolute atomic E-state index is 11.6. The minimum Gasteiger partial charge on any atom is -0.450 e. The molecule has 1 heterocycles. The third kappa shape index (κ3) is 5.76. The van der Waals surface area contributed by atoms with Gasteiger partial charge in [-0.1, -0.05) is 0 Å². The van der Waals surface area contributed by atoms with Gasteiger partial charge in [0.05, 0.1) is 12.7 Å². The van der Waals surface area contributed by atoms with Crippen LogP contribution in [0.3, 0.4) is 0 Å². The maximum atomic E-state index is 11.6. The van der Waals surface area contributed by atoms with Crippen molar-refractivity contribution in [2.75, 3.05) is 52.5 Å². The van der Waals surface area contributed by atoms with Gasteiger partial charge in [0, 0.05) is 45.9 Å². The lowest BCUT2D eigenvalue weighted by atomic mass is 10.2. The van der Waals surface area contributed by atoms with Crippen LogP contribution in [-0.2, 0) is 9.47 Å². The second-order valence-corrected chi connectivity index (χ2v) is 4.63. The van der Waals surface area contributed by atoms with Crippen LogP contribution >= 0.6 is 0 Å². The van der Waals surface area contributed by atoms with E-state index in [1.54, 1.807) is 4.90 Å². The number of carbonyl (C=O) groups excluding carboxylic acids is 1. The first-order valence-electron chi connectivity index (χ1n) is 7.17. The first kappa shape index (κ1) is 16.2. The van der Waals surface area contributed by atoms with Gasteiger partial charge in [-0.15, -0.1) is 0 Å². The minimum atomic E-state index is -0.198. The van der Waals surface area contributed by atoms with E-state index in [1.807, 2.05) is 13.8 Å². The van der Waals surface area contributed by atoms with E-state index in [4.69, 9.17) is 15.2 Å². The molecule has 0 radical (unpaired) electrons. The Morgan fingerprint density at radius 3 is 2.42 bits per heavy atom. The smallest absolute Gasteiger partial charge is 0.409 e. The molecular weight excluding hydrogens is 246 g/mol. The third-order valence-corrected chi connectivity index (χ3v) is 3.33. The van der Waals surface area contributed by atoms with Crippen LogP contribution in [0.5, 0.6) is 0 Å². The highest BCUT2D eigenvalue weighted by Crippen LogP contribution is 2.06. The van der Waals surface area contributed by atoms with Gasteiger partial charge in [0.2, 0.25) is 0 Å². The molecule has 1 atom stereocenters. The van der Waals surface area contributed by atoms with E-state index < -0.39 is 0 Å². The zero-order valence-electron chi connectivity index (χ0n) is 12.1. The summed E-state index contributed by atoms with van der Waals surface area (Å²) in [5.41, 5.74) is 5.66. The molecule has 1 rings (SSSR count). The molecule has 1 aliphatic rings. The van der Waals surface area contributed by atoms with Crippen LogP contribution in [0.2, 0.25) is 0 Å². The Kier molecular flexibility index (Phi) is 7.78. The summed E-state index contributed by atoms with van der Waals surface area (Å²) in [4.78, 5) is 15.7. The van der Waals surface area contributed by atoms with Gasteiger partial charge in [-0.3, -0.25) is 4.90 Å². The molecular formula is C13H27N3O3. The number of nitrogens with zero attached hydrogens (tertiary/aromatic N) is 2. The molecule has 0 saturated carbocycles. The van der Waals surface area contributed by atoms with Crippen LogP contribution in [0.15, 0.2) is 0 Å². The van der Waals surface area contributed by atoms with Crippen LogP contribution in [-0.4, -0.2) is 74.5 Å². The largest absolute Gasteiger partial charge is 0.450 e. The van der Waals surface area contributed by atoms with Gasteiger partial charge in [-0.25, -0.2) is 4.79 Å². The molecule has 1 amide bonds. The molecule has 1 saturated heterocycles. The van der Waals surface area contributed by atoms with Gasteiger partial charge >= 0.3 is 6.09 Å². The molecule has 1 aliphatic heterocycles. The van der Waals surface area contributed by atoms with E-state index in [9.17, 15) is 4.79 Å². The predicted octanol–water partition coefficient (Wildman–Crippen LogP) is 0.514. The number of nitrogens with two attached hydrogens (primary N) is 1. The fraction of sp³-hybridized carbons (Fsp3) is 0.923. The number of ether oxygens (including phenoxy) is 2. The highest BCUT2D eigenvalue weighted by molar-refractivity contribution is 5.67. The van der Waals surface area contributed by atoms with E-state index in [-0.39, 0.29) is 12.2 Å². The molecule has 0 aromatic heterocycles. The van der Waals surface area contributed by atoms with E-state index in [2.05, 4.69) is 4.90 Å². The lowest BCUT2D eigenvalue weighted by Gasteiger charge is -2.34. The molecule has 112 valence electrons. The molecule has 0 bridgehead atoms. The standard InChI is InChI=1S/C13H27N3O3/c1-3-18-12(11-14)5-6-15-7-9-16(10-8-15)13(17)19-4-2/h12H,3-11,14H2,1-2H3. The van der Waals surface area contributed by atoms with Crippen LogP contribution in [0, 0.1) is 0 Å². The summed E-state index contributed by atoms with van der Waals surface area (Å²) in [6.45, 7) is 9.75. The minimum absolute atomic E-state index is 0.146. The summed E-state index contributed by atoms with van der Waals surface area (Å²) in [6, 6.07) is 0. The summed E-state index contributed by atoms with van der Waals surface area (Å²) in [5.74, 6) is 0. The van der Waals surface area contributed by atoms with Gasteiger partial charge in [-0.2, -0.15) is 0 Å². The Bertz CT molecular complexity index is 256. The number of carbonyl (C=O) groups is 1. The summed E-state index contributed by atoms with van der Waals surface area (Å²) in [5, 5.41) is 0. The van der Waals surface area contributed by atoms with Gasteiger partial charge < -0.3 is 20.1 Å². The first-order valence-corrected chi connectivity index (χ1v) is 7.17. The van der Waals surface area contributed by atoms with Crippen LogP contribution in [0.4, 0.5) is 4.79 Å². The number of hydrogen-bond donors (Lipinski definition) is 1. The van der Waals surface area contributed by atoms with Crippen molar-refractivity contribution < 1.29 is 14.3 Å². The Morgan fingerprint density at radius 2 is 1.89 bits per heavy atom. The number of hydrogen-bond acceptors (Lipinski definition) is 5. The van der Waals surface area contributed by atoms with Crippen molar-refractivity contribution in [2.24, 2.45) is 5.73 Å². The summed E-state index contributed by atoms with van der Waals surface area (Å²) < 4.78 is 10.5. The fourth-order valence-electron chi connectivity index (χ4n) is 2.20. The molecule has 1 unspecified atom stereocenters. The van der Waals surface area contributed by atoms with E-state index in [0.717, 1.165) is 39.1 Å². The van der Waals surface area contributed by atoms with Crippen molar-refractivity contribution in [2.45, 2.75) is 26.4 Å². The molecule has 6 heteroatoms. The average molecular weight is 273 g/mol. The molecule has 1 fully saturated rings. The fourth-order valence-corrected chi connectivity index (χ4v) is 2.20. The second kappa shape index (κ2) is 9.12. The Labute approximate surface area is 115 Å². The van der Waals surface area contributed by atoms with Crippen molar-refractivity contribution >= 4 is 6.09 Å². The topological polar surface area (TPSA) is 68.0 Å². The monoisotopic (exact) mass is 273 g/mol. The predicted molar refractivity (Wildman–Crippen MR) is 74.1 cm³/mol. The van der Waals surface area contributed by atoms with Crippen LogP contribution in [0.25, 0.3) is 0 Å². The van der Waals surface area contributed by atoms with Crippen LogP contribution < -0.4 is 5.73 Å². The van der Waals surface area contributed by atoms with Crippen molar-refractivity contribution in [3.8, 4) is 0 Å². The number of rotatable bonds is 7. The van der Waals surface area contributed by atoms with Gasteiger partial charge in [0.1, 0.15) is 0 Å². The lowest BCUT2D eigenvalue weighted by Crippen LogP contribution is -2.49. The molecule has 0 aliphatic carbocycles. The van der Waals surface area contributed by atoms with E-state index >= 15 is 0 Å². The SMILES string of the molecule is CCOC(=O)N1CCN(CCC(CN)OCC)CC1. The summed E-state index contributed by atoms with van der Waals surface area (Å²) >= 11 is 0. The Balaban J connectivity index is 2.21. The summed E-state index contributed by atoms with van der Waals surface area (Å²) in [7, 11) is 0. The number of piperazine rings is 1. The van der Waals surface area contributed by atoms with Gasteiger partial charge in [0.15, 0.2) is 0 Å². The Morgan fingerprint density at radius 1 is 1.21 bits per heavy atom. The normalized spacial score (nSPS) is 18.4. The van der Waals surface area contributed by atoms with Crippen molar-refractivity contribution in [3.05, 3.63) is 0 Å². The highest BCUT2D eigenvalue weighted by Gasteiger charge is 2.22. The zero-order valence-corrected chi connectivity index (χ0v) is 12.1. The van der Waals surface area contributed by atoms with Gasteiger partial charge in [0.25, 0.3) is 0 Å². The molecule has 19 heavy (non-hydrogen) atoms. The van der Waals surface area contributed by atoms with Crippen molar-refractivity contribution in [1.29, 1.82) is 0 Å². The third-order valence-electron chi connectivity index (χ3n) is 3.33. The van der Waals surface area contributed by atoms with E-state index in [1.165, 1.54) is 0 Å². The summed E-state index contributed by atoms with van der Waals surface area (Å²) in [6.07, 6.45) is 0.897. The van der Waals surface area contributed by atoms with Crippen molar-refractivity contribution in [3.63, 3.8) is 0 Å². The average Bonchev–Trinajstić information content (AvgIpc) is 2.44. The maximum Gasteiger partial charge on any atom is 0.409 e. The van der Waals surface area contributed by atoms with Gasteiger partial charge in [-0.05, 0) is 20.3 Å². The molecule has 0 aromatic rings. The molecule has 0 spiro atoms. The zero-order chi connectivity index (χ0) is 14.1. The lowest BCUT2D eigenvalue weighted by molar-refractivity contribution is 0.0444.